The van der Waals surface area contributed by atoms with Crippen LogP contribution >= 0.6 is 0 Å². The van der Waals surface area contributed by atoms with Gasteiger partial charge in [0.15, 0.2) is 4.90 Å². The van der Waals surface area contributed by atoms with Crippen LogP contribution in [0.2, 0.25) is 0 Å². The van der Waals surface area contributed by atoms with Crippen LogP contribution in [-0.2, 0) is 10.0 Å². The van der Waals surface area contributed by atoms with Gasteiger partial charge in [0.25, 0.3) is 15.7 Å². The molecule has 0 aliphatic heterocycles. The largest absolute Gasteiger partial charge is 0.399 e. The van der Waals surface area contributed by atoms with Crippen molar-refractivity contribution in [2.24, 2.45) is 0 Å². The summed E-state index contributed by atoms with van der Waals surface area (Å²) in [5.74, 6) is 0.0757. The second-order valence-corrected chi connectivity index (χ2v) is 5.96. The summed E-state index contributed by atoms with van der Waals surface area (Å²) in [5, 5.41) is 10.9. The zero-order valence-corrected chi connectivity index (χ0v) is 11.8. The maximum Gasteiger partial charge on any atom is 0.290 e. The molecule has 0 saturated heterocycles. The molecule has 0 radical (unpaired) electrons. The molecular formula is C12H12N4O4S. The summed E-state index contributed by atoms with van der Waals surface area (Å²) in [7, 11) is -4.16. The lowest BCUT2D eigenvalue weighted by atomic mass is 10.3. The van der Waals surface area contributed by atoms with Gasteiger partial charge in [0.2, 0.25) is 0 Å². The van der Waals surface area contributed by atoms with Crippen LogP contribution in [0.15, 0.2) is 41.4 Å². The van der Waals surface area contributed by atoms with Gasteiger partial charge in [-0.1, -0.05) is 0 Å². The zero-order valence-electron chi connectivity index (χ0n) is 11.0. The molecule has 0 bridgehead atoms. The zero-order chi connectivity index (χ0) is 15.6. The highest BCUT2D eigenvalue weighted by molar-refractivity contribution is 7.92. The van der Waals surface area contributed by atoms with Crippen molar-refractivity contribution < 1.29 is 13.3 Å². The van der Waals surface area contributed by atoms with Crippen molar-refractivity contribution in [3.05, 3.63) is 52.2 Å². The molecule has 0 aliphatic carbocycles. The molecular weight excluding hydrogens is 296 g/mol. The van der Waals surface area contributed by atoms with E-state index >= 15 is 0 Å². The van der Waals surface area contributed by atoms with E-state index in [2.05, 4.69) is 9.71 Å². The summed E-state index contributed by atoms with van der Waals surface area (Å²) in [6.45, 7) is 1.77. The summed E-state index contributed by atoms with van der Waals surface area (Å²) in [5.41, 5.74) is 5.87. The van der Waals surface area contributed by atoms with Crippen LogP contribution in [0, 0.1) is 17.0 Å². The smallest absolute Gasteiger partial charge is 0.290 e. The third-order valence-electron chi connectivity index (χ3n) is 2.62. The van der Waals surface area contributed by atoms with E-state index in [4.69, 9.17) is 5.73 Å². The van der Waals surface area contributed by atoms with E-state index in [1.807, 2.05) is 0 Å². The minimum absolute atomic E-state index is 0.0757. The Morgan fingerprint density at radius 2 is 2.00 bits per heavy atom. The molecule has 0 amide bonds. The quantitative estimate of drug-likeness (QED) is 0.502. The number of nitrogens with zero attached hydrogens (tertiary/aromatic N) is 2. The fourth-order valence-electron chi connectivity index (χ4n) is 1.68. The van der Waals surface area contributed by atoms with E-state index in [0.717, 1.165) is 17.7 Å². The monoisotopic (exact) mass is 308 g/mol. The van der Waals surface area contributed by atoms with Crippen molar-refractivity contribution >= 4 is 27.2 Å². The van der Waals surface area contributed by atoms with Crippen molar-refractivity contribution in [2.75, 3.05) is 10.5 Å². The number of rotatable bonds is 4. The number of anilines is 2. The topological polar surface area (TPSA) is 128 Å². The van der Waals surface area contributed by atoms with Gasteiger partial charge in [0.05, 0.1) is 4.92 Å². The molecule has 0 unspecified atom stereocenters. The number of nitrogens with one attached hydrogen (secondary N) is 1. The van der Waals surface area contributed by atoms with Gasteiger partial charge in [-0.15, -0.1) is 0 Å². The fraction of sp³-hybridized carbons (Fsp3) is 0.0833. The average molecular weight is 308 g/mol. The minimum atomic E-state index is -4.16. The lowest BCUT2D eigenvalue weighted by Gasteiger charge is -2.08. The summed E-state index contributed by atoms with van der Waals surface area (Å²) in [6.07, 6.45) is 1.43. The molecule has 1 aromatic heterocycles. The highest BCUT2D eigenvalue weighted by atomic mass is 32.2. The van der Waals surface area contributed by atoms with Crippen LogP contribution in [0.25, 0.3) is 0 Å². The number of pyridine rings is 1. The van der Waals surface area contributed by atoms with Gasteiger partial charge >= 0.3 is 0 Å². The Bertz CT molecular complexity index is 805. The van der Waals surface area contributed by atoms with E-state index in [9.17, 15) is 18.5 Å². The summed E-state index contributed by atoms with van der Waals surface area (Å²) < 4.78 is 26.8. The van der Waals surface area contributed by atoms with Gasteiger partial charge in [0.1, 0.15) is 5.82 Å². The lowest BCUT2D eigenvalue weighted by Crippen LogP contribution is -2.16. The van der Waals surface area contributed by atoms with Gasteiger partial charge in [-0.3, -0.25) is 14.8 Å². The Kier molecular flexibility index (Phi) is 3.76. The molecule has 0 fully saturated rings. The summed E-state index contributed by atoms with van der Waals surface area (Å²) in [4.78, 5) is 13.5. The SMILES string of the molecule is Cc1ccnc(NS(=O)(=O)c2cc(N)ccc2[N+](=O)[O-])c1. The van der Waals surface area contributed by atoms with E-state index in [1.54, 1.807) is 13.0 Å². The normalized spacial score (nSPS) is 11.1. The number of hydrogen-bond donors (Lipinski definition) is 2. The van der Waals surface area contributed by atoms with Gasteiger partial charge in [-0.05, 0) is 36.8 Å². The van der Waals surface area contributed by atoms with Crippen LogP contribution in [0.3, 0.4) is 0 Å². The third kappa shape index (κ3) is 3.26. The number of nitro benzene ring substituents is 1. The lowest BCUT2D eigenvalue weighted by molar-refractivity contribution is -0.387. The minimum Gasteiger partial charge on any atom is -0.399 e. The van der Waals surface area contributed by atoms with Crippen LogP contribution in [-0.4, -0.2) is 18.3 Å². The first-order valence-corrected chi connectivity index (χ1v) is 7.27. The molecule has 2 aromatic rings. The second-order valence-electron chi connectivity index (χ2n) is 4.31. The number of nitrogens with two attached hydrogens (primary N) is 1. The molecule has 8 nitrogen and oxygen atoms in total. The van der Waals surface area contributed by atoms with Gasteiger partial charge in [-0.2, -0.15) is 0 Å². The van der Waals surface area contributed by atoms with Crippen LogP contribution in [0.5, 0.6) is 0 Å². The maximum atomic E-state index is 12.3. The van der Waals surface area contributed by atoms with Gasteiger partial charge in [-0.25, -0.2) is 13.4 Å². The molecule has 1 aromatic carbocycles. The van der Waals surface area contributed by atoms with Crippen molar-refractivity contribution in [1.82, 2.24) is 4.98 Å². The first-order chi connectivity index (χ1) is 9.79. The predicted octanol–water partition coefficient (Wildman–Crippen LogP) is 1.68. The molecule has 0 atom stereocenters. The molecule has 0 spiro atoms. The van der Waals surface area contributed by atoms with Crippen LogP contribution in [0.4, 0.5) is 17.2 Å². The van der Waals surface area contributed by atoms with Crippen molar-refractivity contribution in [3.8, 4) is 0 Å². The number of sulfonamides is 1. The summed E-state index contributed by atoms with van der Waals surface area (Å²) >= 11 is 0. The number of aromatic nitrogens is 1. The van der Waals surface area contributed by atoms with Gasteiger partial charge in [0, 0.05) is 18.0 Å². The second kappa shape index (κ2) is 5.37. The Morgan fingerprint density at radius 1 is 1.29 bits per heavy atom. The highest BCUT2D eigenvalue weighted by Gasteiger charge is 2.26. The van der Waals surface area contributed by atoms with Crippen molar-refractivity contribution in [2.45, 2.75) is 11.8 Å². The average Bonchev–Trinajstić information content (AvgIpc) is 2.37. The highest BCUT2D eigenvalue weighted by Crippen LogP contribution is 2.27. The molecule has 0 saturated carbocycles. The standard InChI is InChI=1S/C12H12N4O4S/c1-8-4-5-14-12(6-8)15-21(19,20)11-7-9(13)2-3-10(11)16(17)18/h2-7H,13H2,1H3,(H,14,15). The predicted molar refractivity (Wildman–Crippen MR) is 77.3 cm³/mol. The Morgan fingerprint density at radius 3 is 2.62 bits per heavy atom. The van der Waals surface area contributed by atoms with E-state index in [-0.39, 0.29) is 11.5 Å². The maximum absolute atomic E-state index is 12.3. The Hall–Kier alpha value is -2.68. The fourth-order valence-corrected chi connectivity index (χ4v) is 2.89. The summed E-state index contributed by atoms with van der Waals surface area (Å²) in [6, 6.07) is 6.56. The molecule has 2 rings (SSSR count). The van der Waals surface area contributed by atoms with E-state index in [1.165, 1.54) is 18.3 Å². The first kappa shape index (κ1) is 14.7. The number of nitrogen functional groups attached to an aromatic ring is 1. The molecule has 110 valence electrons. The van der Waals surface area contributed by atoms with Gasteiger partial charge < -0.3 is 5.73 Å². The third-order valence-corrected chi connectivity index (χ3v) is 4.01. The molecule has 1 heterocycles. The number of hydrogen-bond acceptors (Lipinski definition) is 6. The Balaban J connectivity index is 2.49. The van der Waals surface area contributed by atoms with Crippen LogP contribution < -0.4 is 10.5 Å². The van der Waals surface area contributed by atoms with Crippen molar-refractivity contribution in [1.29, 1.82) is 0 Å². The van der Waals surface area contributed by atoms with E-state index in [0.29, 0.717) is 0 Å². The number of nitro groups is 1. The van der Waals surface area contributed by atoms with Crippen molar-refractivity contribution in [3.63, 3.8) is 0 Å². The molecule has 9 heteroatoms. The first-order valence-electron chi connectivity index (χ1n) is 5.79. The molecule has 21 heavy (non-hydrogen) atoms. The Labute approximate surface area is 120 Å². The number of aryl methyl sites for hydroxylation is 1. The van der Waals surface area contributed by atoms with E-state index < -0.39 is 25.5 Å². The molecule has 3 N–H and O–H groups in total. The van der Waals surface area contributed by atoms with Crippen LogP contribution in [0.1, 0.15) is 5.56 Å². The molecule has 0 aliphatic rings. The number of benzene rings is 1.